The van der Waals surface area contributed by atoms with Crippen LogP contribution in [0.1, 0.15) is 35.5 Å². The molecular formula is C23H37BrN4OSi. The van der Waals surface area contributed by atoms with Crippen LogP contribution < -0.4 is 0 Å². The van der Waals surface area contributed by atoms with Gasteiger partial charge in [-0.15, -0.1) is 0 Å². The molecule has 30 heavy (non-hydrogen) atoms. The van der Waals surface area contributed by atoms with E-state index in [2.05, 4.69) is 81.0 Å². The van der Waals surface area contributed by atoms with E-state index in [1.807, 2.05) is 6.20 Å². The number of halogens is 1. The molecule has 0 aromatic carbocycles. The van der Waals surface area contributed by atoms with Crippen molar-refractivity contribution in [3.8, 4) is 0 Å². The van der Waals surface area contributed by atoms with Gasteiger partial charge in [0.25, 0.3) is 0 Å². The minimum atomic E-state index is -1.06. The Labute approximate surface area is 191 Å². The van der Waals surface area contributed by atoms with E-state index in [0.29, 0.717) is 12.6 Å². The minimum absolute atomic E-state index is 0.577. The first-order chi connectivity index (χ1) is 14.2. The van der Waals surface area contributed by atoms with Gasteiger partial charge in [-0.2, -0.15) is 0 Å². The predicted molar refractivity (Wildman–Crippen MR) is 129 cm³/mol. The zero-order chi connectivity index (χ0) is 21.7. The molecule has 0 amide bonds. The number of hydrogen-bond acceptors (Lipinski definition) is 4. The lowest BCUT2D eigenvalue weighted by Gasteiger charge is -2.33. The van der Waals surface area contributed by atoms with Crippen LogP contribution in [-0.4, -0.2) is 47.2 Å². The van der Waals surface area contributed by atoms with Crippen LogP contribution in [0.2, 0.25) is 25.7 Å². The van der Waals surface area contributed by atoms with E-state index in [1.165, 1.54) is 30.1 Å². The Bertz CT molecular complexity index is 813. The molecule has 0 aliphatic carbocycles. The number of nitrogens with zero attached hydrogens (tertiary/aromatic N) is 4. The van der Waals surface area contributed by atoms with Crippen LogP contribution in [0.3, 0.4) is 0 Å². The monoisotopic (exact) mass is 492 g/mol. The lowest BCUT2D eigenvalue weighted by molar-refractivity contribution is 0.0800. The maximum absolute atomic E-state index is 5.99. The minimum Gasteiger partial charge on any atom is -0.361 e. The number of ether oxygens (including phenoxy) is 1. The van der Waals surface area contributed by atoms with Crippen molar-refractivity contribution in [3.63, 3.8) is 0 Å². The third-order valence-electron chi connectivity index (χ3n) is 5.76. The van der Waals surface area contributed by atoms with Crippen molar-refractivity contribution in [2.45, 2.75) is 72.1 Å². The predicted octanol–water partition coefficient (Wildman–Crippen LogP) is 5.42. The first-order valence-corrected chi connectivity index (χ1v) is 15.6. The highest BCUT2D eigenvalue weighted by molar-refractivity contribution is 9.10. The molecule has 2 aromatic heterocycles. The molecule has 2 aromatic rings. The third kappa shape index (κ3) is 7.29. The first kappa shape index (κ1) is 23.6. The zero-order valence-electron chi connectivity index (χ0n) is 19.2. The fourth-order valence-corrected chi connectivity index (χ4v) is 5.43. The Kier molecular flexibility index (Phi) is 8.29. The highest BCUT2D eigenvalue weighted by Crippen LogP contribution is 2.24. The zero-order valence-corrected chi connectivity index (χ0v) is 21.8. The molecule has 3 rings (SSSR count). The second kappa shape index (κ2) is 10.5. The summed E-state index contributed by atoms with van der Waals surface area (Å²) in [4.78, 5) is 11.6. The van der Waals surface area contributed by atoms with Crippen LogP contribution in [0, 0.1) is 19.8 Å². The first-order valence-electron chi connectivity index (χ1n) is 11.1. The van der Waals surface area contributed by atoms with E-state index in [9.17, 15) is 0 Å². The van der Waals surface area contributed by atoms with Gasteiger partial charge in [-0.1, -0.05) is 19.6 Å². The van der Waals surface area contributed by atoms with Crippen molar-refractivity contribution >= 4 is 24.0 Å². The summed E-state index contributed by atoms with van der Waals surface area (Å²) in [5.41, 5.74) is 4.91. The highest BCUT2D eigenvalue weighted by Gasteiger charge is 2.22. The topological polar surface area (TPSA) is 43.2 Å². The third-order valence-corrected chi connectivity index (χ3v) is 8.10. The molecule has 0 unspecified atom stereocenters. The molecule has 0 spiro atoms. The molecule has 1 fully saturated rings. The number of pyridine rings is 1. The molecule has 1 aliphatic heterocycles. The van der Waals surface area contributed by atoms with Crippen molar-refractivity contribution in [1.82, 2.24) is 19.4 Å². The van der Waals surface area contributed by atoms with Gasteiger partial charge < -0.3 is 4.74 Å². The van der Waals surface area contributed by atoms with E-state index in [1.54, 1.807) is 0 Å². The van der Waals surface area contributed by atoms with Gasteiger partial charge in [0, 0.05) is 39.2 Å². The largest absolute Gasteiger partial charge is 0.361 e. The van der Waals surface area contributed by atoms with Crippen molar-refractivity contribution in [2.24, 2.45) is 5.92 Å². The van der Waals surface area contributed by atoms with Gasteiger partial charge in [-0.05, 0) is 85.2 Å². The molecule has 1 atom stereocenters. The maximum Gasteiger partial charge on any atom is 0.179 e. The number of aryl methyl sites for hydroxylation is 2. The SMILES string of the molecule is Cc1cc(C[C@H]2CCCN(Cc3cnc(Br)n3COCC[Si](C)(C)C)C2)cc(C)n1. The normalized spacial score (nSPS) is 18.1. The molecule has 1 aliphatic rings. The van der Waals surface area contributed by atoms with Crippen molar-refractivity contribution < 1.29 is 4.74 Å². The molecule has 5 nitrogen and oxygen atoms in total. The van der Waals surface area contributed by atoms with E-state index < -0.39 is 8.07 Å². The van der Waals surface area contributed by atoms with E-state index in [4.69, 9.17) is 4.74 Å². The van der Waals surface area contributed by atoms with Gasteiger partial charge in [0.1, 0.15) is 6.73 Å². The average molecular weight is 494 g/mol. The number of hydrogen-bond donors (Lipinski definition) is 0. The second-order valence-corrected chi connectivity index (χ2v) is 16.3. The summed E-state index contributed by atoms with van der Waals surface area (Å²) in [6, 6.07) is 5.68. The number of piperidine rings is 1. The quantitative estimate of drug-likeness (QED) is 0.345. The number of imidazole rings is 1. The number of rotatable bonds is 9. The fourth-order valence-electron chi connectivity index (χ4n) is 4.25. The average Bonchev–Trinajstić information content (AvgIpc) is 2.97. The molecule has 0 bridgehead atoms. The van der Waals surface area contributed by atoms with Crippen molar-refractivity contribution in [2.75, 3.05) is 19.7 Å². The Morgan fingerprint density at radius 2 is 1.93 bits per heavy atom. The Morgan fingerprint density at radius 1 is 1.20 bits per heavy atom. The van der Waals surface area contributed by atoms with Gasteiger partial charge in [-0.25, -0.2) is 4.98 Å². The second-order valence-electron chi connectivity index (χ2n) is 10.0. The van der Waals surface area contributed by atoms with E-state index >= 15 is 0 Å². The summed E-state index contributed by atoms with van der Waals surface area (Å²) in [7, 11) is -1.06. The van der Waals surface area contributed by atoms with Gasteiger partial charge in [0.15, 0.2) is 4.73 Å². The molecule has 0 N–H and O–H groups in total. The fraction of sp³-hybridized carbons (Fsp3) is 0.652. The van der Waals surface area contributed by atoms with Crippen LogP contribution in [-0.2, 0) is 24.4 Å². The Morgan fingerprint density at radius 3 is 2.63 bits per heavy atom. The number of aromatic nitrogens is 3. The molecular weight excluding hydrogens is 456 g/mol. The van der Waals surface area contributed by atoms with Crippen molar-refractivity contribution in [3.05, 3.63) is 45.7 Å². The molecule has 7 heteroatoms. The van der Waals surface area contributed by atoms with Gasteiger partial charge in [-0.3, -0.25) is 14.5 Å². The standard InChI is InChI=1S/C23H37BrN4OSi/c1-18-11-21(12-19(2)26-18)13-20-7-6-8-27(15-20)16-22-14-25-23(24)28(22)17-29-9-10-30(3,4)5/h11-12,14,20H,6-10,13,15-17H2,1-5H3/t20-/m1/s1. The molecule has 1 saturated heterocycles. The van der Waals surface area contributed by atoms with Crippen LogP contribution in [0.25, 0.3) is 0 Å². The van der Waals surface area contributed by atoms with E-state index in [-0.39, 0.29) is 0 Å². The lowest BCUT2D eigenvalue weighted by Crippen LogP contribution is -2.36. The maximum atomic E-state index is 5.99. The summed E-state index contributed by atoms with van der Waals surface area (Å²) >= 11 is 3.60. The van der Waals surface area contributed by atoms with Gasteiger partial charge in [0.05, 0.1) is 11.9 Å². The summed E-state index contributed by atoms with van der Waals surface area (Å²) < 4.78 is 9.02. The lowest BCUT2D eigenvalue weighted by atomic mass is 9.91. The Balaban J connectivity index is 1.55. The summed E-state index contributed by atoms with van der Waals surface area (Å²) in [5.74, 6) is 0.702. The van der Waals surface area contributed by atoms with Crippen LogP contribution in [0.15, 0.2) is 23.1 Å². The molecule has 3 heterocycles. The highest BCUT2D eigenvalue weighted by atomic mass is 79.9. The summed E-state index contributed by atoms with van der Waals surface area (Å²) in [5, 5.41) is 0. The molecule has 166 valence electrons. The summed E-state index contributed by atoms with van der Waals surface area (Å²) in [6.07, 6.45) is 5.70. The van der Waals surface area contributed by atoms with E-state index in [0.717, 1.165) is 48.8 Å². The summed E-state index contributed by atoms with van der Waals surface area (Å²) in [6.45, 7) is 16.0. The van der Waals surface area contributed by atoms with Crippen molar-refractivity contribution in [1.29, 1.82) is 0 Å². The van der Waals surface area contributed by atoms with Crippen LogP contribution in [0.5, 0.6) is 0 Å². The molecule has 0 saturated carbocycles. The Hall–Kier alpha value is -1.02. The molecule has 0 radical (unpaired) electrons. The van der Waals surface area contributed by atoms with Crippen LogP contribution >= 0.6 is 15.9 Å². The van der Waals surface area contributed by atoms with Gasteiger partial charge in [0.2, 0.25) is 0 Å². The number of likely N-dealkylation sites (tertiary alicyclic amines) is 1. The van der Waals surface area contributed by atoms with Crippen LogP contribution in [0.4, 0.5) is 0 Å². The smallest absolute Gasteiger partial charge is 0.179 e. The van der Waals surface area contributed by atoms with Gasteiger partial charge >= 0.3 is 0 Å².